The Labute approximate surface area is 253 Å². The van der Waals surface area contributed by atoms with E-state index in [1.807, 2.05) is 44.3 Å². The van der Waals surface area contributed by atoms with E-state index in [0.717, 1.165) is 67.2 Å². The molecule has 1 saturated heterocycles. The minimum atomic E-state index is -1.17. The monoisotopic (exact) mass is 584 g/mol. The highest BCUT2D eigenvalue weighted by atomic mass is 16.5. The summed E-state index contributed by atoms with van der Waals surface area (Å²) in [6.45, 7) is 13.7. The van der Waals surface area contributed by atoms with Crippen molar-refractivity contribution in [2.24, 2.45) is 5.41 Å². The van der Waals surface area contributed by atoms with Crippen LogP contribution in [-0.2, 0) is 16.0 Å². The van der Waals surface area contributed by atoms with E-state index in [4.69, 9.17) is 19.9 Å². The minimum absolute atomic E-state index is 0.252. The Balaban J connectivity index is 1.55. The quantitative estimate of drug-likeness (QED) is 0.281. The summed E-state index contributed by atoms with van der Waals surface area (Å²) in [6, 6.07) is 12.5. The highest BCUT2D eigenvalue weighted by molar-refractivity contribution is 5.79. The molecule has 43 heavy (non-hydrogen) atoms. The molecule has 0 spiro atoms. The maximum absolute atomic E-state index is 12.7. The summed E-state index contributed by atoms with van der Waals surface area (Å²) in [5.74, 6) is -0.253. The first-order valence-electron chi connectivity index (χ1n) is 15.6. The third-order valence-corrected chi connectivity index (χ3v) is 9.04. The fraction of sp³-hybridized carbons (Fsp3) is 0.529. The van der Waals surface area contributed by atoms with E-state index in [9.17, 15) is 9.90 Å². The van der Waals surface area contributed by atoms with Crippen molar-refractivity contribution >= 4 is 17.4 Å². The van der Waals surface area contributed by atoms with Crippen LogP contribution in [0.4, 0.5) is 5.82 Å². The van der Waals surface area contributed by atoms with Crippen LogP contribution < -0.4 is 4.90 Å². The lowest BCUT2D eigenvalue weighted by Crippen LogP contribution is -2.41. The summed E-state index contributed by atoms with van der Waals surface area (Å²) in [4.78, 5) is 20.0. The highest BCUT2D eigenvalue weighted by Crippen LogP contribution is 2.41. The SMILES string of the molecule is Cc1cc2n(n1)-c1cccc(c1)-c1cc3nc(C)c([C@H](OC(C)(C)C)C(=O)O)c(n3n1)N1CCC(C)(CCCCC2)CC1. The van der Waals surface area contributed by atoms with E-state index < -0.39 is 17.7 Å². The van der Waals surface area contributed by atoms with Gasteiger partial charge in [0.05, 0.1) is 28.2 Å². The van der Waals surface area contributed by atoms with Gasteiger partial charge in [0.15, 0.2) is 11.8 Å². The summed E-state index contributed by atoms with van der Waals surface area (Å²) >= 11 is 0. The van der Waals surface area contributed by atoms with Gasteiger partial charge in [-0.05, 0) is 90.3 Å². The molecule has 0 saturated carbocycles. The van der Waals surface area contributed by atoms with Gasteiger partial charge in [0, 0.05) is 36.1 Å². The van der Waals surface area contributed by atoms with Crippen molar-refractivity contribution in [1.82, 2.24) is 24.4 Å². The number of nitrogens with zero attached hydrogens (tertiary/aromatic N) is 6. The number of rotatable bonds is 3. The van der Waals surface area contributed by atoms with Crippen molar-refractivity contribution in [3.8, 4) is 16.9 Å². The molecule has 0 aliphatic carbocycles. The molecular formula is C34H44N6O3. The minimum Gasteiger partial charge on any atom is -0.479 e. The van der Waals surface area contributed by atoms with Crippen LogP contribution >= 0.6 is 0 Å². The Morgan fingerprint density at radius 1 is 1.02 bits per heavy atom. The molecule has 6 heterocycles. The zero-order valence-corrected chi connectivity index (χ0v) is 26.4. The third-order valence-electron chi connectivity index (χ3n) is 9.04. The molecular weight excluding hydrogens is 540 g/mol. The first-order valence-corrected chi connectivity index (χ1v) is 15.6. The van der Waals surface area contributed by atoms with Gasteiger partial charge in [0.2, 0.25) is 0 Å². The number of hydrogen-bond acceptors (Lipinski definition) is 6. The summed E-state index contributed by atoms with van der Waals surface area (Å²) in [5, 5.41) is 20.4. The fourth-order valence-corrected chi connectivity index (χ4v) is 6.75. The standard InChI is InChI=1S/C34H44N6O3/c1-22-19-25-12-8-7-9-14-34(6)15-17-38(18-16-34)31-29(30(32(41)42)43-33(3,4)5)23(2)35-28-21-27(37-40(28)31)24-11-10-13-26(20-24)39(25)36-22/h10-11,13,19-21,30H,7-9,12,14-18H2,1-6H3,(H,41,42)/t30-/m0/s1. The number of ether oxygens (including phenoxy) is 1. The van der Waals surface area contributed by atoms with Crippen molar-refractivity contribution in [3.05, 3.63) is 59.0 Å². The van der Waals surface area contributed by atoms with Crippen LogP contribution in [0.2, 0.25) is 0 Å². The average molecular weight is 585 g/mol. The van der Waals surface area contributed by atoms with E-state index in [-0.39, 0.29) is 5.41 Å². The van der Waals surface area contributed by atoms with Crippen LogP contribution in [0.1, 0.15) is 95.0 Å². The summed E-state index contributed by atoms with van der Waals surface area (Å²) < 4.78 is 10.1. The molecule has 7 rings (SSSR count). The molecule has 1 atom stereocenters. The Hall–Kier alpha value is -3.72. The van der Waals surface area contributed by atoms with Gasteiger partial charge in [-0.1, -0.05) is 31.9 Å². The predicted molar refractivity (Wildman–Crippen MR) is 168 cm³/mol. The summed E-state index contributed by atoms with van der Waals surface area (Å²) in [7, 11) is 0. The Morgan fingerprint density at radius 2 is 1.79 bits per heavy atom. The van der Waals surface area contributed by atoms with E-state index >= 15 is 0 Å². The van der Waals surface area contributed by atoms with Crippen LogP contribution in [-0.4, -0.2) is 54.1 Å². The molecule has 9 heteroatoms. The highest BCUT2D eigenvalue weighted by Gasteiger charge is 2.37. The van der Waals surface area contributed by atoms with Crippen LogP contribution in [0.15, 0.2) is 36.4 Å². The summed E-state index contributed by atoms with van der Waals surface area (Å²) in [6.07, 6.45) is 6.62. The third kappa shape index (κ3) is 5.92. The maximum Gasteiger partial charge on any atom is 0.337 e. The molecule has 1 N–H and O–H groups in total. The topological polar surface area (TPSA) is 97.8 Å². The smallest absolute Gasteiger partial charge is 0.337 e. The fourth-order valence-electron chi connectivity index (χ4n) is 6.75. The maximum atomic E-state index is 12.7. The zero-order valence-electron chi connectivity index (χ0n) is 26.4. The zero-order chi connectivity index (χ0) is 30.5. The van der Waals surface area contributed by atoms with Gasteiger partial charge in [-0.3, -0.25) is 0 Å². The van der Waals surface area contributed by atoms with Crippen molar-refractivity contribution in [2.75, 3.05) is 18.0 Å². The second-order valence-corrected chi connectivity index (χ2v) is 13.8. The van der Waals surface area contributed by atoms with Crippen LogP contribution in [0.5, 0.6) is 0 Å². The lowest BCUT2D eigenvalue weighted by Gasteiger charge is -2.41. The molecule has 3 aliphatic rings. The molecule has 4 aromatic rings. The van der Waals surface area contributed by atoms with Gasteiger partial charge in [-0.25, -0.2) is 14.5 Å². The van der Waals surface area contributed by atoms with Crippen molar-refractivity contribution in [1.29, 1.82) is 0 Å². The number of aromatic nitrogens is 5. The van der Waals surface area contributed by atoms with Gasteiger partial charge in [-0.15, -0.1) is 0 Å². The van der Waals surface area contributed by atoms with Gasteiger partial charge in [-0.2, -0.15) is 14.7 Å². The number of piperidine rings is 1. The first-order chi connectivity index (χ1) is 20.4. The average Bonchev–Trinajstić information content (AvgIpc) is 3.53. The molecule has 6 bridgehead atoms. The number of hydrogen-bond donors (Lipinski definition) is 1. The number of anilines is 1. The van der Waals surface area contributed by atoms with Crippen LogP contribution in [0.3, 0.4) is 0 Å². The molecule has 228 valence electrons. The number of carboxylic acid groups (broad SMARTS) is 1. The molecule has 3 aliphatic heterocycles. The van der Waals surface area contributed by atoms with Crippen molar-refractivity contribution in [3.63, 3.8) is 0 Å². The van der Waals surface area contributed by atoms with E-state index in [1.165, 1.54) is 25.0 Å². The van der Waals surface area contributed by atoms with Crippen molar-refractivity contribution < 1.29 is 14.6 Å². The number of fused-ring (bicyclic) bond motifs is 6. The molecule has 1 aromatic carbocycles. The summed E-state index contributed by atoms with van der Waals surface area (Å²) in [5.41, 5.74) is 6.50. The lowest BCUT2D eigenvalue weighted by molar-refractivity contribution is -0.160. The van der Waals surface area contributed by atoms with Gasteiger partial charge in [0.25, 0.3) is 0 Å². The number of aliphatic carboxylic acids is 1. The Bertz CT molecular complexity index is 1650. The molecule has 9 nitrogen and oxygen atoms in total. The lowest BCUT2D eigenvalue weighted by atomic mass is 9.76. The van der Waals surface area contributed by atoms with E-state index in [1.54, 1.807) is 0 Å². The number of carboxylic acids is 1. The van der Waals surface area contributed by atoms with Gasteiger partial charge < -0.3 is 14.7 Å². The molecule has 1 fully saturated rings. The predicted octanol–water partition coefficient (Wildman–Crippen LogP) is 6.86. The molecule has 0 radical (unpaired) electrons. The van der Waals surface area contributed by atoms with Crippen molar-refractivity contribution in [2.45, 2.75) is 98.2 Å². The number of aryl methyl sites for hydroxylation is 3. The second-order valence-electron chi connectivity index (χ2n) is 13.8. The Morgan fingerprint density at radius 3 is 2.51 bits per heavy atom. The largest absolute Gasteiger partial charge is 0.479 e. The number of benzene rings is 1. The second kappa shape index (κ2) is 11.1. The van der Waals surface area contributed by atoms with Gasteiger partial charge in [0.1, 0.15) is 5.82 Å². The molecule has 0 unspecified atom stereocenters. The molecule has 3 aromatic heterocycles. The van der Waals surface area contributed by atoms with E-state index in [2.05, 4.69) is 47.7 Å². The van der Waals surface area contributed by atoms with Gasteiger partial charge >= 0.3 is 5.97 Å². The number of carbonyl (C=O) groups is 1. The van der Waals surface area contributed by atoms with E-state index in [0.29, 0.717) is 16.9 Å². The molecule has 0 amide bonds. The Kier molecular flexibility index (Phi) is 7.57. The van der Waals surface area contributed by atoms with Crippen LogP contribution in [0.25, 0.3) is 22.6 Å². The van der Waals surface area contributed by atoms with Crippen LogP contribution in [0, 0.1) is 19.3 Å². The first kappa shape index (κ1) is 29.4. The normalized spacial score (nSPS) is 18.0.